The molecule has 0 N–H and O–H groups in total. The number of rotatable bonds is 0. The maximum atomic E-state index is 2.18. The second-order valence-electron chi connectivity index (χ2n) is 1.05. The maximum absolute atomic E-state index is 2.18. The highest BCUT2D eigenvalue weighted by molar-refractivity contribution is 7.53. The third-order valence-corrected chi connectivity index (χ3v) is 1.42. The first-order chi connectivity index (χ1) is 1.89. The van der Waals surface area contributed by atoms with Crippen LogP contribution in [-0.4, -0.2) is 11.5 Å². The summed E-state index contributed by atoms with van der Waals surface area (Å²) in [7, 11) is 1.58. The smallest absolute Gasteiger partial charge is 0.0145 e. The van der Waals surface area contributed by atoms with E-state index < -0.39 is 0 Å². The summed E-state index contributed by atoms with van der Waals surface area (Å²) in [6, 6.07) is 0. The lowest BCUT2D eigenvalue weighted by Gasteiger charge is -1.44. The van der Waals surface area contributed by atoms with Crippen LogP contribution in [-0.2, 0) is 0 Å². The van der Waals surface area contributed by atoms with Gasteiger partial charge in [0.25, 0.3) is 0 Å². The lowest BCUT2D eigenvalue weighted by Crippen LogP contribution is -1.58. The van der Waals surface area contributed by atoms with Crippen molar-refractivity contribution in [1.29, 1.82) is 0 Å². The molecule has 0 aromatic rings. The zero-order chi connectivity index (χ0) is 2.99. The van der Waals surface area contributed by atoms with Crippen LogP contribution >= 0.6 is 8.20 Å². The monoisotopic (exact) mass is 72.0 g/mol. The first kappa shape index (κ1) is 2.41. The Labute approximate surface area is 27.6 Å². The zero-order valence-corrected chi connectivity index (χ0v) is 3.55. The van der Waals surface area contributed by atoms with E-state index in [9.17, 15) is 0 Å². The van der Waals surface area contributed by atoms with Gasteiger partial charge >= 0.3 is 0 Å². The molecule has 0 unspecified atom stereocenters. The van der Waals surface area contributed by atoms with Gasteiger partial charge in [-0.15, -0.1) is 8.20 Å². The standard InChI is InChI=1S/C3H5P/c1-3-2-4-3/h2H2,1H3. The van der Waals surface area contributed by atoms with E-state index in [4.69, 9.17) is 0 Å². The highest BCUT2D eigenvalue weighted by Gasteiger charge is 1.95. The van der Waals surface area contributed by atoms with E-state index in [0.29, 0.717) is 0 Å². The van der Waals surface area contributed by atoms with Crippen molar-refractivity contribution >= 4 is 13.5 Å². The Kier molecular flexibility index (Phi) is 0.336. The summed E-state index contributed by atoms with van der Waals surface area (Å²) in [4.78, 5) is 0. The summed E-state index contributed by atoms with van der Waals surface area (Å²) in [6.45, 7) is 2.18. The number of hydrogen-bond donors (Lipinski definition) is 0. The van der Waals surface area contributed by atoms with Crippen molar-refractivity contribution in [2.75, 3.05) is 6.16 Å². The molecule has 1 rings (SSSR count). The predicted octanol–water partition coefficient (Wildman–Crippen LogP) is 1.14. The van der Waals surface area contributed by atoms with E-state index >= 15 is 0 Å². The summed E-state index contributed by atoms with van der Waals surface area (Å²) in [6.07, 6.45) is 1.38. The van der Waals surface area contributed by atoms with Crippen molar-refractivity contribution in [3.63, 3.8) is 0 Å². The highest BCUT2D eigenvalue weighted by atomic mass is 31.1. The van der Waals surface area contributed by atoms with E-state index in [1.54, 1.807) is 13.5 Å². The highest BCUT2D eigenvalue weighted by Crippen LogP contribution is 2.15. The van der Waals surface area contributed by atoms with Gasteiger partial charge in [0.05, 0.1) is 0 Å². The predicted molar refractivity (Wildman–Crippen MR) is 22.5 cm³/mol. The van der Waals surface area contributed by atoms with Crippen molar-refractivity contribution < 1.29 is 0 Å². The minimum atomic E-state index is 1.38. The molecule has 0 amide bonds. The molecule has 0 nitrogen and oxygen atoms in total. The van der Waals surface area contributed by atoms with E-state index in [2.05, 4.69) is 6.92 Å². The van der Waals surface area contributed by atoms with Gasteiger partial charge in [-0.05, 0) is 12.2 Å². The van der Waals surface area contributed by atoms with Gasteiger partial charge in [-0.2, -0.15) is 0 Å². The van der Waals surface area contributed by atoms with Crippen LogP contribution in [0.4, 0.5) is 0 Å². The summed E-state index contributed by atoms with van der Waals surface area (Å²) in [5.74, 6) is 0. The molecule has 22 valence electrons. The Bertz CT molecular complexity index is 54.3. The third-order valence-electron chi connectivity index (χ3n) is 0.474. The largest absolute Gasteiger partial charge is 0.100 e. The molecule has 0 aliphatic carbocycles. The SMILES string of the molecule is CC1=PC1. The summed E-state index contributed by atoms with van der Waals surface area (Å²) < 4.78 is 0. The molecule has 1 heteroatoms. The van der Waals surface area contributed by atoms with Gasteiger partial charge < -0.3 is 0 Å². The van der Waals surface area contributed by atoms with Crippen molar-refractivity contribution in [1.82, 2.24) is 0 Å². The quantitative estimate of drug-likeness (QED) is 0.376. The molecule has 1 heterocycles. The zero-order valence-electron chi connectivity index (χ0n) is 2.65. The van der Waals surface area contributed by atoms with E-state index in [-0.39, 0.29) is 0 Å². The molecule has 0 radical (unpaired) electrons. The maximum Gasteiger partial charge on any atom is 0.0145 e. The lowest BCUT2D eigenvalue weighted by molar-refractivity contribution is 1.94. The first-order valence-corrected chi connectivity index (χ1v) is 2.47. The molecule has 0 saturated carbocycles. The van der Waals surface area contributed by atoms with Gasteiger partial charge in [-0.3, -0.25) is 0 Å². The van der Waals surface area contributed by atoms with Gasteiger partial charge in [0, 0.05) is 6.16 Å². The Morgan fingerprint density at radius 3 is 2.25 bits per heavy atom. The fourth-order valence-corrected chi connectivity index (χ4v) is 0.237. The van der Waals surface area contributed by atoms with Gasteiger partial charge in [-0.25, -0.2) is 0 Å². The summed E-state index contributed by atoms with van der Waals surface area (Å²) >= 11 is 0. The minimum absolute atomic E-state index is 1.38. The number of hydrogen-bond acceptors (Lipinski definition) is 0. The molecule has 0 aromatic heterocycles. The molecule has 4 heavy (non-hydrogen) atoms. The Hall–Kier alpha value is 0.170. The molecule has 0 bridgehead atoms. The fraction of sp³-hybridized carbons (Fsp3) is 0.667. The average molecular weight is 72.0 g/mol. The van der Waals surface area contributed by atoms with Crippen LogP contribution in [0.5, 0.6) is 0 Å². The second kappa shape index (κ2) is 0.558. The molecule has 1 aliphatic heterocycles. The van der Waals surface area contributed by atoms with Crippen molar-refractivity contribution in [2.24, 2.45) is 0 Å². The molecular formula is C3H5P. The molecule has 0 fully saturated rings. The molecule has 1 aliphatic rings. The molecule has 0 spiro atoms. The summed E-state index contributed by atoms with van der Waals surface area (Å²) in [5.41, 5.74) is 0. The van der Waals surface area contributed by atoms with Crippen LogP contribution in [0.2, 0.25) is 0 Å². The topological polar surface area (TPSA) is 0 Å². The normalized spacial score (nSPS) is 23.8. The third kappa shape index (κ3) is 0.296. The van der Waals surface area contributed by atoms with Gasteiger partial charge in [0.2, 0.25) is 0 Å². The molecule has 0 aromatic carbocycles. The van der Waals surface area contributed by atoms with Crippen LogP contribution in [0.1, 0.15) is 6.92 Å². The lowest BCUT2D eigenvalue weighted by atomic mass is 10.6. The van der Waals surface area contributed by atoms with Crippen molar-refractivity contribution in [2.45, 2.75) is 6.92 Å². The Balaban J connectivity index is 2.54. The Morgan fingerprint density at radius 1 is 2.00 bits per heavy atom. The van der Waals surface area contributed by atoms with Crippen LogP contribution < -0.4 is 0 Å². The second-order valence-corrected chi connectivity index (χ2v) is 2.45. The summed E-state index contributed by atoms with van der Waals surface area (Å²) in [5, 5.41) is 1.64. The van der Waals surface area contributed by atoms with Gasteiger partial charge in [-0.1, -0.05) is 0 Å². The van der Waals surface area contributed by atoms with Crippen molar-refractivity contribution in [3.05, 3.63) is 0 Å². The van der Waals surface area contributed by atoms with Crippen molar-refractivity contribution in [3.8, 4) is 0 Å². The molecule has 0 saturated heterocycles. The Morgan fingerprint density at radius 2 is 2.25 bits per heavy atom. The molecule has 0 atom stereocenters. The minimum Gasteiger partial charge on any atom is -0.100 e. The van der Waals surface area contributed by atoms with E-state index in [1.165, 1.54) is 6.16 Å². The van der Waals surface area contributed by atoms with Crippen LogP contribution in [0.25, 0.3) is 0 Å². The van der Waals surface area contributed by atoms with Gasteiger partial charge in [0.1, 0.15) is 0 Å². The van der Waals surface area contributed by atoms with E-state index in [1.807, 2.05) is 0 Å². The average Bonchev–Trinajstić information content (AvgIpc) is 1.75. The van der Waals surface area contributed by atoms with E-state index in [0.717, 1.165) is 0 Å². The van der Waals surface area contributed by atoms with Gasteiger partial charge in [0.15, 0.2) is 0 Å². The van der Waals surface area contributed by atoms with Crippen LogP contribution in [0.3, 0.4) is 0 Å². The molecular weight excluding hydrogens is 67.0 g/mol. The fourth-order valence-electron chi connectivity index (χ4n) is 0.0791. The first-order valence-electron chi connectivity index (χ1n) is 1.39. The van der Waals surface area contributed by atoms with Crippen LogP contribution in [0, 0.1) is 0 Å². The van der Waals surface area contributed by atoms with Crippen LogP contribution in [0.15, 0.2) is 0 Å².